The van der Waals surface area contributed by atoms with Crippen LogP contribution in [-0.2, 0) is 0 Å². The van der Waals surface area contributed by atoms with Crippen LogP contribution in [0.4, 0.5) is 0 Å². The van der Waals surface area contributed by atoms with Gasteiger partial charge >= 0.3 is 0 Å². The highest BCUT2D eigenvalue weighted by Crippen LogP contribution is 2.38. The topological polar surface area (TPSA) is 34.1 Å². The number of fused-ring (bicyclic) bond motifs is 3. The summed E-state index contributed by atoms with van der Waals surface area (Å²) >= 11 is 0. The van der Waals surface area contributed by atoms with Crippen LogP contribution in [0.2, 0.25) is 0 Å². The maximum atomic E-state index is 12.5. The molecule has 0 amide bonds. The summed E-state index contributed by atoms with van der Waals surface area (Å²) in [6.07, 6.45) is 0. The molecular weight excluding hydrogens is 272 g/mol. The molecule has 0 saturated heterocycles. The van der Waals surface area contributed by atoms with Gasteiger partial charge in [0.1, 0.15) is 0 Å². The van der Waals surface area contributed by atoms with E-state index >= 15 is 0 Å². The highest BCUT2D eigenvalue weighted by molar-refractivity contribution is 6.33. The summed E-state index contributed by atoms with van der Waals surface area (Å²) in [6.45, 7) is 0. The largest absolute Gasteiger partial charge is 0.286 e. The van der Waals surface area contributed by atoms with Crippen LogP contribution in [0.5, 0.6) is 0 Å². The minimum atomic E-state index is -0.442. The van der Waals surface area contributed by atoms with Gasteiger partial charge in [-0.3, -0.25) is 9.59 Å². The van der Waals surface area contributed by atoms with Crippen LogP contribution in [0.3, 0.4) is 0 Å². The first-order chi connectivity index (χ1) is 10.8. The fourth-order valence-corrected chi connectivity index (χ4v) is 3.64. The van der Waals surface area contributed by atoms with Crippen LogP contribution in [0.1, 0.15) is 0 Å². The fraction of sp³-hybridized carbons (Fsp3) is 0. The van der Waals surface area contributed by atoms with Gasteiger partial charge in [-0.25, -0.2) is 0 Å². The van der Waals surface area contributed by atoms with Gasteiger partial charge in [-0.05, 0) is 49.8 Å². The molecule has 22 heavy (non-hydrogen) atoms. The van der Waals surface area contributed by atoms with Gasteiger partial charge < -0.3 is 0 Å². The van der Waals surface area contributed by atoms with E-state index in [1.54, 1.807) is 6.07 Å². The predicted molar refractivity (Wildman–Crippen MR) is 91.4 cm³/mol. The molecule has 0 saturated carbocycles. The number of hydrogen-bond donors (Lipinski definition) is 0. The van der Waals surface area contributed by atoms with Crippen LogP contribution in [-0.4, -0.2) is 0 Å². The fourth-order valence-electron chi connectivity index (χ4n) is 3.64. The van der Waals surface area contributed by atoms with Crippen molar-refractivity contribution in [2.45, 2.75) is 0 Å². The smallest absolute Gasteiger partial charge is 0.234 e. The standard InChI is InChI=1S/C20H10O2/c21-16-10-9-14-13-5-1-3-11-7-8-12-4-2-6-15(18(12)17(11)13)19(14)20(16)22/h1-10H. The van der Waals surface area contributed by atoms with Gasteiger partial charge in [0.15, 0.2) is 0 Å². The van der Waals surface area contributed by atoms with Crippen molar-refractivity contribution < 1.29 is 0 Å². The molecule has 5 aromatic carbocycles. The lowest BCUT2D eigenvalue weighted by atomic mass is 9.89. The second kappa shape index (κ2) is 3.80. The summed E-state index contributed by atoms with van der Waals surface area (Å²) in [5, 5.41) is 7.81. The van der Waals surface area contributed by atoms with Crippen molar-refractivity contribution in [2.24, 2.45) is 0 Å². The van der Waals surface area contributed by atoms with Crippen molar-refractivity contribution in [1.82, 2.24) is 0 Å². The molecule has 0 aliphatic heterocycles. The molecule has 0 unspecified atom stereocenters. The highest BCUT2D eigenvalue weighted by Gasteiger charge is 2.15. The summed E-state index contributed by atoms with van der Waals surface area (Å²) in [7, 11) is 0. The van der Waals surface area contributed by atoms with Gasteiger partial charge in [-0.2, -0.15) is 0 Å². The molecular formula is C20H10O2. The Morgan fingerprint density at radius 3 is 1.82 bits per heavy atom. The van der Waals surface area contributed by atoms with E-state index in [-0.39, 0.29) is 0 Å². The normalized spacial score (nSPS) is 12.0. The molecule has 0 spiro atoms. The average Bonchev–Trinajstić information content (AvgIpc) is 2.56. The lowest BCUT2D eigenvalue weighted by Crippen LogP contribution is -2.22. The van der Waals surface area contributed by atoms with Crippen LogP contribution in [0.15, 0.2) is 70.3 Å². The third-order valence-electron chi connectivity index (χ3n) is 4.57. The first kappa shape index (κ1) is 11.6. The van der Waals surface area contributed by atoms with Crippen molar-refractivity contribution in [3.63, 3.8) is 0 Å². The molecule has 0 aromatic heterocycles. The van der Waals surface area contributed by atoms with E-state index in [1.165, 1.54) is 11.5 Å². The van der Waals surface area contributed by atoms with Crippen LogP contribution >= 0.6 is 0 Å². The van der Waals surface area contributed by atoms with Gasteiger partial charge in [-0.15, -0.1) is 0 Å². The zero-order chi connectivity index (χ0) is 14.8. The molecule has 0 bridgehead atoms. The number of hydrogen-bond acceptors (Lipinski definition) is 2. The van der Waals surface area contributed by atoms with E-state index in [1.807, 2.05) is 30.3 Å². The maximum absolute atomic E-state index is 12.5. The van der Waals surface area contributed by atoms with E-state index in [9.17, 15) is 9.59 Å². The molecule has 5 rings (SSSR count). The van der Waals surface area contributed by atoms with Crippen molar-refractivity contribution in [3.05, 3.63) is 81.1 Å². The average molecular weight is 282 g/mol. The quantitative estimate of drug-likeness (QED) is 0.245. The summed E-state index contributed by atoms with van der Waals surface area (Å²) in [4.78, 5) is 24.3. The Morgan fingerprint density at radius 1 is 0.500 bits per heavy atom. The van der Waals surface area contributed by atoms with Crippen molar-refractivity contribution in [2.75, 3.05) is 0 Å². The first-order valence-corrected chi connectivity index (χ1v) is 7.22. The van der Waals surface area contributed by atoms with Crippen molar-refractivity contribution >= 4 is 43.1 Å². The second-order valence-electron chi connectivity index (χ2n) is 5.69. The minimum Gasteiger partial charge on any atom is -0.286 e. The molecule has 5 aromatic rings. The summed E-state index contributed by atoms with van der Waals surface area (Å²) in [6, 6.07) is 19.4. The summed E-state index contributed by atoms with van der Waals surface area (Å²) < 4.78 is 0. The van der Waals surface area contributed by atoms with Crippen LogP contribution in [0.25, 0.3) is 43.1 Å². The van der Waals surface area contributed by atoms with Gasteiger partial charge in [0.05, 0.1) is 0 Å². The molecule has 102 valence electrons. The van der Waals surface area contributed by atoms with Crippen molar-refractivity contribution in [3.8, 4) is 0 Å². The van der Waals surface area contributed by atoms with E-state index in [4.69, 9.17) is 0 Å². The highest BCUT2D eigenvalue weighted by atomic mass is 16.2. The minimum absolute atomic E-state index is 0.406. The van der Waals surface area contributed by atoms with Gasteiger partial charge in [0, 0.05) is 5.39 Å². The Balaban J connectivity index is 2.36. The Kier molecular flexibility index (Phi) is 2.01. The van der Waals surface area contributed by atoms with Gasteiger partial charge in [0.2, 0.25) is 10.9 Å². The Morgan fingerprint density at radius 2 is 1.09 bits per heavy atom. The molecule has 2 nitrogen and oxygen atoms in total. The molecule has 0 aliphatic carbocycles. The Hall–Kier alpha value is -3.00. The lowest BCUT2D eigenvalue weighted by Gasteiger charge is -2.13. The van der Waals surface area contributed by atoms with Crippen molar-refractivity contribution in [1.29, 1.82) is 0 Å². The van der Waals surface area contributed by atoms with Crippen LogP contribution < -0.4 is 10.9 Å². The molecule has 0 aliphatic rings. The van der Waals surface area contributed by atoms with E-state index in [0.717, 1.165) is 32.3 Å². The Labute approximate surface area is 124 Å². The number of rotatable bonds is 0. The zero-order valence-corrected chi connectivity index (χ0v) is 11.6. The third-order valence-corrected chi connectivity index (χ3v) is 4.57. The molecule has 0 heterocycles. The first-order valence-electron chi connectivity index (χ1n) is 7.22. The van der Waals surface area contributed by atoms with Crippen LogP contribution in [0, 0.1) is 0 Å². The maximum Gasteiger partial charge on any atom is 0.234 e. The Bertz CT molecular complexity index is 1300. The number of benzene rings is 5. The van der Waals surface area contributed by atoms with E-state index in [2.05, 4.69) is 18.2 Å². The van der Waals surface area contributed by atoms with Gasteiger partial charge in [0.25, 0.3) is 0 Å². The lowest BCUT2D eigenvalue weighted by molar-refractivity contribution is 1.56. The summed E-state index contributed by atoms with van der Waals surface area (Å²) in [5.41, 5.74) is -0.848. The predicted octanol–water partition coefficient (Wildman–Crippen LogP) is 3.90. The SMILES string of the molecule is O=c1ccc2c3cccc4ccc5cccc(c2c1=O)c5c43. The zero-order valence-electron chi connectivity index (χ0n) is 11.6. The van der Waals surface area contributed by atoms with Gasteiger partial charge in [-0.1, -0.05) is 48.5 Å². The molecule has 0 N–H and O–H groups in total. The second-order valence-corrected chi connectivity index (χ2v) is 5.69. The van der Waals surface area contributed by atoms with E-state index < -0.39 is 10.9 Å². The monoisotopic (exact) mass is 282 g/mol. The molecule has 0 atom stereocenters. The molecule has 0 fully saturated rings. The molecule has 2 heteroatoms. The summed E-state index contributed by atoms with van der Waals surface area (Å²) in [5.74, 6) is 0. The molecule has 0 radical (unpaired) electrons. The van der Waals surface area contributed by atoms with E-state index in [0.29, 0.717) is 5.39 Å². The third kappa shape index (κ3) is 1.25.